The maximum atomic E-state index is 10.4. The second-order valence-corrected chi connectivity index (χ2v) is 7.42. The van der Waals surface area contributed by atoms with Crippen LogP contribution in [-0.4, -0.2) is 45.1 Å². The molecule has 8 heteroatoms. The summed E-state index contributed by atoms with van der Waals surface area (Å²) in [5, 5.41) is 20.6. The van der Waals surface area contributed by atoms with Gasteiger partial charge in [0.15, 0.2) is 4.34 Å². The number of hydrogen-bond donors (Lipinski definition) is 2. The lowest BCUT2D eigenvalue weighted by atomic mass is 10.0. The van der Waals surface area contributed by atoms with Gasteiger partial charge in [-0.25, -0.2) is 0 Å². The standard InChI is InChI=1S/C10H15N3O2S3/c14-8(15)6-17-10-13-12-9(18-10)11-5-7-1-3-16-4-2-7/h7H,1-6H2,(H,11,12)(H,14,15). The van der Waals surface area contributed by atoms with Crippen LogP contribution in [-0.2, 0) is 4.79 Å². The summed E-state index contributed by atoms with van der Waals surface area (Å²) in [6.07, 6.45) is 2.52. The van der Waals surface area contributed by atoms with E-state index in [-0.39, 0.29) is 5.75 Å². The van der Waals surface area contributed by atoms with Gasteiger partial charge < -0.3 is 10.4 Å². The van der Waals surface area contributed by atoms with E-state index in [0.717, 1.165) is 17.6 Å². The summed E-state index contributed by atoms with van der Waals surface area (Å²) in [4.78, 5) is 10.4. The topological polar surface area (TPSA) is 75.1 Å². The van der Waals surface area contributed by atoms with Crippen LogP contribution in [0.25, 0.3) is 0 Å². The largest absolute Gasteiger partial charge is 0.481 e. The van der Waals surface area contributed by atoms with Crippen LogP contribution < -0.4 is 5.32 Å². The zero-order valence-electron chi connectivity index (χ0n) is 9.79. The van der Waals surface area contributed by atoms with Gasteiger partial charge in [0, 0.05) is 6.54 Å². The molecule has 1 saturated heterocycles. The van der Waals surface area contributed by atoms with Crippen molar-refractivity contribution in [3.63, 3.8) is 0 Å². The third-order valence-corrected chi connectivity index (χ3v) is 5.66. The predicted octanol–water partition coefficient (Wildman–Crippen LogP) is 2.27. The van der Waals surface area contributed by atoms with Crippen LogP contribution in [0.15, 0.2) is 4.34 Å². The Bertz CT molecular complexity index is 393. The molecule has 0 amide bonds. The summed E-state index contributed by atoms with van der Waals surface area (Å²) in [5.41, 5.74) is 0. The van der Waals surface area contributed by atoms with Gasteiger partial charge in [-0.3, -0.25) is 4.79 Å². The summed E-state index contributed by atoms with van der Waals surface area (Å²) < 4.78 is 0.707. The minimum Gasteiger partial charge on any atom is -0.481 e. The summed E-state index contributed by atoms with van der Waals surface area (Å²) in [6.45, 7) is 0.943. The molecule has 0 atom stereocenters. The molecule has 1 aliphatic rings. The van der Waals surface area contributed by atoms with Crippen LogP contribution >= 0.6 is 34.9 Å². The Morgan fingerprint density at radius 3 is 2.94 bits per heavy atom. The Kier molecular flexibility index (Phi) is 5.58. The van der Waals surface area contributed by atoms with Crippen molar-refractivity contribution < 1.29 is 9.90 Å². The number of carbonyl (C=O) groups is 1. The van der Waals surface area contributed by atoms with Crippen molar-refractivity contribution in [3.05, 3.63) is 0 Å². The third-order valence-electron chi connectivity index (χ3n) is 2.61. The van der Waals surface area contributed by atoms with Crippen LogP contribution in [0.1, 0.15) is 12.8 Å². The number of hydrogen-bond acceptors (Lipinski definition) is 7. The molecule has 0 saturated carbocycles. The van der Waals surface area contributed by atoms with Crippen LogP contribution in [0.4, 0.5) is 5.13 Å². The summed E-state index contributed by atoms with van der Waals surface area (Å²) in [6, 6.07) is 0. The van der Waals surface area contributed by atoms with Crippen LogP contribution in [0.3, 0.4) is 0 Å². The first kappa shape index (κ1) is 14.0. The van der Waals surface area contributed by atoms with Gasteiger partial charge in [-0.1, -0.05) is 23.1 Å². The Morgan fingerprint density at radius 1 is 1.44 bits per heavy atom. The molecule has 1 aromatic heterocycles. The first-order valence-corrected chi connectivity index (χ1v) is 8.69. The van der Waals surface area contributed by atoms with Crippen LogP contribution in [0, 0.1) is 5.92 Å². The quantitative estimate of drug-likeness (QED) is 0.781. The number of anilines is 1. The SMILES string of the molecule is O=C(O)CSc1nnc(NCC2CCSCC2)s1. The highest BCUT2D eigenvalue weighted by molar-refractivity contribution is 8.01. The monoisotopic (exact) mass is 305 g/mol. The lowest BCUT2D eigenvalue weighted by molar-refractivity contribution is -0.133. The lowest BCUT2D eigenvalue weighted by Gasteiger charge is -2.20. The van der Waals surface area contributed by atoms with Crippen molar-refractivity contribution in [1.29, 1.82) is 0 Å². The van der Waals surface area contributed by atoms with E-state index in [9.17, 15) is 4.79 Å². The highest BCUT2D eigenvalue weighted by atomic mass is 32.2. The molecule has 0 aromatic carbocycles. The van der Waals surface area contributed by atoms with Gasteiger partial charge in [0.1, 0.15) is 0 Å². The predicted molar refractivity (Wildman–Crippen MR) is 76.8 cm³/mol. The minimum absolute atomic E-state index is 0.0362. The highest BCUT2D eigenvalue weighted by Gasteiger charge is 2.14. The molecule has 2 N–H and O–H groups in total. The first-order chi connectivity index (χ1) is 8.74. The molecular weight excluding hydrogens is 290 g/mol. The van der Waals surface area contributed by atoms with Gasteiger partial charge >= 0.3 is 5.97 Å². The fourth-order valence-electron chi connectivity index (χ4n) is 1.65. The Morgan fingerprint density at radius 2 is 2.22 bits per heavy atom. The highest BCUT2D eigenvalue weighted by Crippen LogP contribution is 2.27. The normalized spacial score (nSPS) is 16.7. The first-order valence-electron chi connectivity index (χ1n) is 5.74. The number of aliphatic carboxylic acids is 1. The maximum absolute atomic E-state index is 10.4. The van der Waals surface area contributed by atoms with Gasteiger partial charge in [-0.15, -0.1) is 10.2 Å². The number of nitrogens with one attached hydrogen (secondary N) is 1. The maximum Gasteiger partial charge on any atom is 0.313 e. The molecule has 0 bridgehead atoms. The fourth-order valence-corrected chi connectivity index (χ4v) is 4.33. The second kappa shape index (κ2) is 7.20. The number of thioether (sulfide) groups is 2. The van der Waals surface area contributed by atoms with E-state index < -0.39 is 5.97 Å². The van der Waals surface area contributed by atoms with Crippen molar-refractivity contribution in [2.24, 2.45) is 5.92 Å². The van der Waals surface area contributed by atoms with E-state index >= 15 is 0 Å². The zero-order chi connectivity index (χ0) is 12.8. The van der Waals surface area contributed by atoms with E-state index in [1.54, 1.807) is 0 Å². The van der Waals surface area contributed by atoms with Crippen LogP contribution in [0.5, 0.6) is 0 Å². The Balaban J connectivity index is 1.73. The van der Waals surface area contributed by atoms with Crippen LogP contribution in [0.2, 0.25) is 0 Å². The van der Waals surface area contributed by atoms with Crippen molar-refractivity contribution >= 4 is 46.0 Å². The second-order valence-electron chi connectivity index (χ2n) is 3.99. The van der Waals surface area contributed by atoms with Crippen molar-refractivity contribution in [2.75, 3.05) is 29.1 Å². The Hall–Kier alpha value is -0.470. The van der Waals surface area contributed by atoms with E-state index in [4.69, 9.17) is 5.11 Å². The number of nitrogens with zero attached hydrogens (tertiary/aromatic N) is 2. The molecular formula is C10H15N3O2S3. The molecule has 0 spiro atoms. The fraction of sp³-hybridized carbons (Fsp3) is 0.700. The zero-order valence-corrected chi connectivity index (χ0v) is 12.2. The van der Waals surface area contributed by atoms with E-state index in [1.807, 2.05) is 11.8 Å². The molecule has 0 unspecified atom stereocenters. The summed E-state index contributed by atoms with van der Waals surface area (Å²) >= 11 is 4.66. The number of rotatable bonds is 6. The van der Waals surface area contributed by atoms with Gasteiger partial charge in [-0.05, 0) is 30.3 Å². The molecule has 2 rings (SSSR count). The number of aromatic nitrogens is 2. The number of carboxylic acids is 1. The van der Waals surface area contributed by atoms with E-state index in [2.05, 4.69) is 15.5 Å². The molecule has 18 heavy (non-hydrogen) atoms. The molecule has 0 radical (unpaired) electrons. The van der Waals surface area contributed by atoms with Gasteiger partial charge in [0.2, 0.25) is 5.13 Å². The summed E-state index contributed by atoms with van der Waals surface area (Å²) in [5.74, 6) is 2.44. The van der Waals surface area contributed by atoms with Crippen molar-refractivity contribution in [3.8, 4) is 0 Å². The van der Waals surface area contributed by atoms with E-state index in [1.165, 1.54) is 47.4 Å². The van der Waals surface area contributed by atoms with E-state index in [0.29, 0.717) is 4.34 Å². The molecule has 1 aromatic rings. The molecule has 1 fully saturated rings. The lowest BCUT2D eigenvalue weighted by Crippen LogP contribution is -2.18. The van der Waals surface area contributed by atoms with Crippen molar-refractivity contribution in [2.45, 2.75) is 17.2 Å². The molecule has 5 nitrogen and oxygen atoms in total. The third kappa shape index (κ3) is 4.66. The van der Waals surface area contributed by atoms with Gasteiger partial charge in [0.25, 0.3) is 0 Å². The Labute approximate surface area is 118 Å². The average Bonchev–Trinajstić information content (AvgIpc) is 2.83. The van der Waals surface area contributed by atoms with Gasteiger partial charge in [0.05, 0.1) is 5.75 Å². The average molecular weight is 305 g/mol. The van der Waals surface area contributed by atoms with Gasteiger partial charge in [-0.2, -0.15) is 11.8 Å². The minimum atomic E-state index is -0.829. The number of carboxylic acid groups (broad SMARTS) is 1. The molecule has 100 valence electrons. The smallest absolute Gasteiger partial charge is 0.313 e. The summed E-state index contributed by atoms with van der Waals surface area (Å²) in [7, 11) is 0. The van der Waals surface area contributed by atoms with Crippen molar-refractivity contribution in [1.82, 2.24) is 10.2 Å². The molecule has 2 heterocycles. The molecule has 1 aliphatic heterocycles. The molecule has 0 aliphatic carbocycles.